The molecule has 0 bridgehead atoms. The van der Waals surface area contributed by atoms with Crippen LogP contribution in [0.3, 0.4) is 0 Å². The fraction of sp³-hybridized carbons (Fsp3) is 0.455. The molecule has 0 heterocycles. The van der Waals surface area contributed by atoms with Crippen LogP contribution < -0.4 is 5.73 Å². The van der Waals surface area contributed by atoms with Crippen molar-refractivity contribution < 1.29 is 14.4 Å². The van der Waals surface area contributed by atoms with Gasteiger partial charge in [-0.25, -0.2) is 0 Å². The fourth-order valence-corrected chi connectivity index (χ4v) is 1.31. The number of benzene rings is 1. The van der Waals surface area contributed by atoms with Crippen LogP contribution >= 0.6 is 0 Å². The Kier molecular flexibility index (Phi) is 5.38. The fourth-order valence-electron chi connectivity index (χ4n) is 1.31. The zero-order valence-electron chi connectivity index (χ0n) is 9.72. The topological polar surface area (TPSA) is 87.6 Å². The minimum atomic E-state index is -0.505. The molecule has 6 nitrogen and oxygen atoms in total. The normalized spacial score (nSPS) is 10.4. The van der Waals surface area contributed by atoms with E-state index in [0.29, 0.717) is 26.4 Å². The summed E-state index contributed by atoms with van der Waals surface area (Å²) < 4.78 is 10.4. The summed E-state index contributed by atoms with van der Waals surface area (Å²) in [5.74, 6) is 0. The van der Waals surface area contributed by atoms with Gasteiger partial charge in [-0.3, -0.25) is 10.1 Å². The Morgan fingerprint density at radius 3 is 2.65 bits per heavy atom. The number of hydrogen-bond acceptors (Lipinski definition) is 5. The third-order valence-electron chi connectivity index (χ3n) is 2.13. The molecule has 6 heteroatoms. The molecule has 0 fully saturated rings. The summed E-state index contributed by atoms with van der Waals surface area (Å²) >= 11 is 0. The maximum Gasteiger partial charge on any atom is 0.292 e. The van der Waals surface area contributed by atoms with Crippen LogP contribution in [0.2, 0.25) is 0 Å². The first-order chi connectivity index (χ1) is 8.15. The molecule has 0 aliphatic heterocycles. The highest BCUT2D eigenvalue weighted by molar-refractivity contribution is 5.59. The molecule has 0 radical (unpaired) electrons. The number of nitro benzene ring substituents is 1. The van der Waals surface area contributed by atoms with Gasteiger partial charge in [-0.05, 0) is 24.6 Å². The monoisotopic (exact) mass is 240 g/mol. The van der Waals surface area contributed by atoms with Crippen LogP contribution in [-0.4, -0.2) is 24.7 Å². The summed E-state index contributed by atoms with van der Waals surface area (Å²) in [6.45, 7) is 3.98. The van der Waals surface area contributed by atoms with Crippen LogP contribution in [0.15, 0.2) is 18.2 Å². The number of anilines is 1. The summed E-state index contributed by atoms with van der Waals surface area (Å²) in [4.78, 5) is 10.0. The quantitative estimate of drug-likeness (QED) is 0.339. The molecule has 0 unspecified atom stereocenters. The lowest BCUT2D eigenvalue weighted by Crippen LogP contribution is -2.04. The van der Waals surface area contributed by atoms with Gasteiger partial charge in [-0.2, -0.15) is 0 Å². The van der Waals surface area contributed by atoms with Crippen molar-refractivity contribution in [2.75, 3.05) is 25.6 Å². The molecule has 1 aromatic rings. The zero-order chi connectivity index (χ0) is 12.7. The number of hydrogen-bond donors (Lipinski definition) is 1. The van der Waals surface area contributed by atoms with Gasteiger partial charge >= 0.3 is 0 Å². The molecule has 1 rings (SSSR count). The van der Waals surface area contributed by atoms with E-state index in [4.69, 9.17) is 15.2 Å². The van der Waals surface area contributed by atoms with Gasteiger partial charge in [0.05, 0.1) is 24.7 Å². The molecule has 17 heavy (non-hydrogen) atoms. The van der Waals surface area contributed by atoms with Gasteiger partial charge in [0, 0.05) is 12.7 Å². The summed E-state index contributed by atoms with van der Waals surface area (Å²) in [6, 6.07) is 4.57. The van der Waals surface area contributed by atoms with Crippen LogP contribution in [0.5, 0.6) is 0 Å². The second-order valence-electron chi connectivity index (χ2n) is 3.40. The molecule has 94 valence electrons. The summed E-state index contributed by atoms with van der Waals surface area (Å²) in [7, 11) is 0. The minimum absolute atomic E-state index is 0.0805. The van der Waals surface area contributed by atoms with Crippen molar-refractivity contribution in [1.82, 2.24) is 0 Å². The predicted octanol–water partition coefficient (Wildman–Crippen LogP) is 1.73. The van der Waals surface area contributed by atoms with Gasteiger partial charge in [0.1, 0.15) is 5.69 Å². The van der Waals surface area contributed by atoms with Crippen molar-refractivity contribution in [2.24, 2.45) is 0 Å². The molecule has 0 aliphatic carbocycles. The Morgan fingerprint density at radius 2 is 2.06 bits per heavy atom. The Morgan fingerprint density at radius 1 is 1.35 bits per heavy atom. The van der Waals surface area contributed by atoms with Crippen molar-refractivity contribution in [3.05, 3.63) is 33.9 Å². The largest absolute Gasteiger partial charge is 0.393 e. The summed E-state index contributed by atoms with van der Waals surface area (Å²) in [5, 5.41) is 10.5. The molecule has 0 amide bonds. The van der Waals surface area contributed by atoms with E-state index >= 15 is 0 Å². The molecule has 0 aromatic heterocycles. The lowest BCUT2D eigenvalue weighted by Gasteiger charge is -2.05. The van der Waals surface area contributed by atoms with Gasteiger partial charge < -0.3 is 15.2 Å². The first-order valence-corrected chi connectivity index (χ1v) is 5.33. The Balaban J connectivity index is 2.45. The van der Waals surface area contributed by atoms with E-state index in [-0.39, 0.29) is 11.4 Å². The van der Waals surface area contributed by atoms with Crippen molar-refractivity contribution in [3.8, 4) is 0 Å². The van der Waals surface area contributed by atoms with E-state index in [1.165, 1.54) is 6.07 Å². The second-order valence-corrected chi connectivity index (χ2v) is 3.40. The van der Waals surface area contributed by atoms with E-state index in [1.54, 1.807) is 12.1 Å². The van der Waals surface area contributed by atoms with Crippen molar-refractivity contribution in [1.29, 1.82) is 0 Å². The number of nitrogens with two attached hydrogens (primary N) is 1. The Labute approximate surface area is 99.5 Å². The molecule has 0 aliphatic rings. The SMILES string of the molecule is CCOCCOCc1ccc([N+](=O)[O-])c(N)c1. The molecule has 2 N–H and O–H groups in total. The lowest BCUT2D eigenvalue weighted by molar-refractivity contribution is -0.383. The van der Waals surface area contributed by atoms with Crippen LogP contribution in [0.4, 0.5) is 11.4 Å². The van der Waals surface area contributed by atoms with Crippen LogP contribution in [-0.2, 0) is 16.1 Å². The molecule has 0 saturated heterocycles. The summed E-state index contributed by atoms with van der Waals surface area (Å²) in [5.41, 5.74) is 6.44. The highest BCUT2D eigenvalue weighted by Gasteiger charge is 2.10. The van der Waals surface area contributed by atoms with Crippen LogP contribution in [0.25, 0.3) is 0 Å². The first-order valence-electron chi connectivity index (χ1n) is 5.33. The van der Waals surface area contributed by atoms with Crippen molar-refractivity contribution >= 4 is 11.4 Å². The van der Waals surface area contributed by atoms with E-state index in [1.807, 2.05) is 6.92 Å². The predicted molar refractivity (Wildman–Crippen MR) is 63.7 cm³/mol. The average molecular weight is 240 g/mol. The molecule has 0 spiro atoms. The standard InChI is InChI=1S/C11H16N2O4/c1-2-16-5-6-17-8-9-3-4-11(13(14)15)10(12)7-9/h3-4,7H,2,5-6,8,12H2,1H3. The van der Waals surface area contributed by atoms with Crippen molar-refractivity contribution in [2.45, 2.75) is 13.5 Å². The number of nitrogens with zero attached hydrogens (tertiary/aromatic N) is 1. The van der Waals surface area contributed by atoms with Gasteiger partial charge in [0.25, 0.3) is 5.69 Å². The number of ether oxygens (including phenoxy) is 2. The van der Waals surface area contributed by atoms with Gasteiger partial charge in [0.2, 0.25) is 0 Å². The zero-order valence-corrected chi connectivity index (χ0v) is 9.72. The molecule has 1 aromatic carbocycles. The van der Waals surface area contributed by atoms with Gasteiger partial charge in [-0.1, -0.05) is 0 Å². The number of nitrogen functional groups attached to an aromatic ring is 1. The van der Waals surface area contributed by atoms with E-state index in [2.05, 4.69) is 0 Å². The van der Waals surface area contributed by atoms with E-state index < -0.39 is 4.92 Å². The first kappa shape index (κ1) is 13.4. The van der Waals surface area contributed by atoms with E-state index in [0.717, 1.165) is 5.56 Å². The third-order valence-corrected chi connectivity index (χ3v) is 2.13. The number of nitro groups is 1. The minimum Gasteiger partial charge on any atom is -0.393 e. The Hall–Kier alpha value is -1.66. The number of rotatable bonds is 7. The van der Waals surface area contributed by atoms with Crippen LogP contribution in [0.1, 0.15) is 12.5 Å². The maximum absolute atomic E-state index is 10.5. The highest BCUT2D eigenvalue weighted by Crippen LogP contribution is 2.22. The van der Waals surface area contributed by atoms with Crippen LogP contribution in [0, 0.1) is 10.1 Å². The lowest BCUT2D eigenvalue weighted by atomic mass is 10.2. The van der Waals surface area contributed by atoms with Gasteiger partial charge in [-0.15, -0.1) is 0 Å². The molecular formula is C11H16N2O4. The second kappa shape index (κ2) is 6.82. The molecule has 0 atom stereocenters. The third kappa shape index (κ3) is 4.38. The molecular weight excluding hydrogens is 224 g/mol. The maximum atomic E-state index is 10.5. The average Bonchev–Trinajstić information content (AvgIpc) is 2.28. The smallest absolute Gasteiger partial charge is 0.292 e. The molecule has 0 saturated carbocycles. The van der Waals surface area contributed by atoms with Crippen molar-refractivity contribution in [3.63, 3.8) is 0 Å². The Bertz CT molecular complexity index is 382. The van der Waals surface area contributed by atoms with Gasteiger partial charge in [0.15, 0.2) is 0 Å². The van der Waals surface area contributed by atoms with E-state index in [9.17, 15) is 10.1 Å². The summed E-state index contributed by atoms with van der Waals surface area (Å²) in [6.07, 6.45) is 0. The highest BCUT2D eigenvalue weighted by atomic mass is 16.6.